The van der Waals surface area contributed by atoms with Gasteiger partial charge in [0.15, 0.2) is 0 Å². The van der Waals surface area contributed by atoms with Gasteiger partial charge in [0.2, 0.25) is 0 Å². The van der Waals surface area contributed by atoms with Crippen LogP contribution in [0.3, 0.4) is 0 Å². The zero-order valence-electron chi connectivity index (χ0n) is 10.3. The number of nitriles is 1. The summed E-state index contributed by atoms with van der Waals surface area (Å²) in [7, 11) is 0. The number of nitrogens with zero attached hydrogens (tertiary/aromatic N) is 1. The van der Waals surface area contributed by atoms with E-state index in [1.165, 1.54) is 6.07 Å². The van der Waals surface area contributed by atoms with Crippen molar-refractivity contribution in [3.05, 3.63) is 28.8 Å². The summed E-state index contributed by atoms with van der Waals surface area (Å²) in [5.41, 5.74) is -4.54. The van der Waals surface area contributed by atoms with Gasteiger partial charge in [0, 0.05) is 10.8 Å². The minimum atomic E-state index is -4.56. The molecule has 0 aliphatic heterocycles. The summed E-state index contributed by atoms with van der Waals surface area (Å²) in [6, 6.07) is 3.83. The van der Waals surface area contributed by atoms with E-state index in [1.54, 1.807) is 13.0 Å². The molecule has 8 heteroatoms. The van der Waals surface area contributed by atoms with E-state index >= 15 is 0 Å². The Morgan fingerprint density at radius 1 is 1.50 bits per heavy atom. The molecule has 0 amide bonds. The molecule has 108 valence electrons. The SMILES string of the molecule is CCOC(=O)c1cc(SC(F)(F)F)c(C#N)cc1CCl. The van der Waals surface area contributed by atoms with Crippen molar-refractivity contribution < 1.29 is 22.7 Å². The number of carbonyl (C=O) groups is 1. The van der Waals surface area contributed by atoms with E-state index in [0.29, 0.717) is 0 Å². The molecule has 0 saturated heterocycles. The molecule has 1 aromatic rings. The molecule has 1 aromatic carbocycles. The van der Waals surface area contributed by atoms with Crippen LogP contribution < -0.4 is 0 Å². The predicted octanol–water partition coefficient (Wildman–Crippen LogP) is 4.09. The largest absolute Gasteiger partial charge is 0.462 e. The monoisotopic (exact) mass is 323 g/mol. The summed E-state index contributed by atoms with van der Waals surface area (Å²) in [5.74, 6) is -0.878. The van der Waals surface area contributed by atoms with Crippen LogP contribution >= 0.6 is 23.4 Å². The van der Waals surface area contributed by atoms with Crippen LogP contribution in [0.2, 0.25) is 0 Å². The molecule has 0 fully saturated rings. The van der Waals surface area contributed by atoms with Crippen LogP contribution in [-0.2, 0) is 10.6 Å². The molecule has 0 saturated carbocycles. The lowest BCUT2D eigenvalue weighted by Crippen LogP contribution is -2.09. The Bertz CT molecular complexity index is 555. The van der Waals surface area contributed by atoms with Crippen LogP contribution in [0.25, 0.3) is 0 Å². The first kappa shape index (κ1) is 16.7. The molecule has 1 rings (SSSR count). The van der Waals surface area contributed by atoms with Gasteiger partial charge >= 0.3 is 11.5 Å². The van der Waals surface area contributed by atoms with Crippen molar-refractivity contribution in [1.29, 1.82) is 5.26 Å². The van der Waals surface area contributed by atoms with Gasteiger partial charge in [-0.05, 0) is 36.4 Å². The smallest absolute Gasteiger partial charge is 0.446 e. The number of thioether (sulfide) groups is 1. The van der Waals surface area contributed by atoms with Crippen molar-refractivity contribution in [2.24, 2.45) is 0 Å². The number of ether oxygens (including phenoxy) is 1. The van der Waals surface area contributed by atoms with E-state index in [0.717, 1.165) is 6.07 Å². The fourth-order valence-corrected chi connectivity index (χ4v) is 2.29. The van der Waals surface area contributed by atoms with Gasteiger partial charge in [-0.15, -0.1) is 11.6 Å². The summed E-state index contributed by atoms with van der Waals surface area (Å²) in [4.78, 5) is 11.3. The molecule has 0 heterocycles. The normalized spacial score (nSPS) is 11.0. The Balaban J connectivity index is 3.34. The summed E-state index contributed by atoms with van der Waals surface area (Å²) in [6.45, 7) is 1.66. The average Bonchev–Trinajstić information content (AvgIpc) is 2.36. The fourth-order valence-electron chi connectivity index (χ4n) is 1.43. The zero-order chi connectivity index (χ0) is 15.3. The van der Waals surface area contributed by atoms with E-state index in [-0.39, 0.29) is 34.1 Å². The van der Waals surface area contributed by atoms with E-state index in [1.807, 2.05) is 0 Å². The van der Waals surface area contributed by atoms with E-state index < -0.39 is 23.2 Å². The highest BCUT2D eigenvalue weighted by Gasteiger charge is 2.31. The minimum absolute atomic E-state index is 0.0624. The first-order chi connectivity index (χ1) is 9.32. The third-order valence-corrected chi connectivity index (χ3v) is 3.27. The van der Waals surface area contributed by atoms with Gasteiger partial charge in [-0.25, -0.2) is 4.79 Å². The lowest BCUT2D eigenvalue weighted by Gasteiger charge is -2.12. The van der Waals surface area contributed by atoms with E-state index in [2.05, 4.69) is 0 Å². The summed E-state index contributed by atoms with van der Waals surface area (Å²) in [5, 5.41) is 8.88. The minimum Gasteiger partial charge on any atom is -0.462 e. The average molecular weight is 324 g/mol. The summed E-state index contributed by atoms with van der Waals surface area (Å²) < 4.78 is 42.1. The number of hydrogen-bond donors (Lipinski definition) is 0. The van der Waals surface area contributed by atoms with Crippen LogP contribution in [0.15, 0.2) is 17.0 Å². The molecule has 0 radical (unpaired) electrons. The van der Waals surface area contributed by atoms with E-state index in [4.69, 9.17) is 21.6 Å². The molecule has 0 spiro atoms. The predicted molar refractivity (Wildman–Crippen MR) is 68.6 cm³/mol. The molecule has 0 atom stereocenters. The Morgan fingerprint density at radius 2 is 2.15 bits per heavy atom. The van der Waals surface area contributed by atoms with Gasteiger partial charge in [0.05, 0.1) is 17.7 Å². The number of halogens is 4. The maximum Gasteiger partial charge on any atom is 0.446 e. The maximum atomic E-state index is 12.4. The second-order valence-electron chi connectivity index (χ2n) is 3.52. The van der Waals surface area contributed by atoms with Crippen LogP contribution in [0.4, 0.5) is 13.2 Å². The van der Waals surface area contributed by atoms with Gasteiger partial charge in [-0.1, -0.05) is 0 Å². The quantitative estimate of drug-likeness (QED) is 0.476. The van der Waals surface area contributed by atoms with Gasteiger partial charge in [0.25, 0.3) is 0 Å². The Hall–Kier alpha value is -1.39. The summed E-state index contributed by atoms with van der Waals surface area (Å²) in [6.07, 6.45) is 0. The Morgan fingerprint density at radius 3 is 2.60 bits per heavy atom. The van der Waals surface area contributed by atoms with Crippen LogP contribution in [0.5, 0.6) is 0 Å². The third kappa shape index (κ3) is 4.32. The summed E-state index contributed by atoms with van der Waals surface area (Å²) >= 11 is 5.19. The standard InChI is InChI=1S/C12H9ClF3NO2S/c1-2-19-11(18)9-4-10(20-12(14,15)16)8(6-17)3-7(9)5-13/h3-4H,2,5H2,1H3. The maximum absolute atomic E-state index is 12.4. The third-order valence-electron chi connectivity index (χ3n) is 2.19. The van der Waals surface area contributed by atoms with Crippen LogP contribution in [0.1, 0.15) is 28.4 Å². The topological polar surface area (TPSA) is 50.1 Å². The first-order valence-electron chi connectivity index (χ1n) is 5.38. The number of rotatable bonds is 4. The molecule has 0 aromatic heterocycles. The number of hydrogen-bond acceptors (Lipinski definition) is 4. The van der Waals surface area contributed by atoms with Gasteiger partial charge < -0.3 is 4.74 Å². The highest BCUT2D eigenvalue weighted by atomic mass is 35.5. The second kappa shape index (κ2) is 6.86. The van der Waals surface area contributed by atoms with Crippen molar-refractivity contribution in [2.45, 2.75) is 23.2 Å². The van der Waals surface area contributed by atoms with Gasteiger partial charge in [0.1, 0.15) is 6.07 Å². The molecular formula is C12H9ClF3NO2S. The lowest BCUT2D eigenvalue weighted by atomic mass is 10.1. The second-order valence-corrected chi connectivity index (χ2v) is 4.89. The van der Waals surface area contributed by atoms with Crippen LogP contribution in [-0.4, -0.2) is 18.1 Å². The number of carbonyl (C=O) groups excluding carboxylic acids is 1. The van der Waals surface area contributed by atoms with Crippen molar-refractivity contribution >= 4 is 29.3 Å². The Labute approximate surface area is 122 Å². The molecule has 20 heavy (non-hydrogen) atoms. The molecular weight excluding hydrogens is 315 g/mol. The highest BCUT2D eigenvalue weighted by molar-refractivity contribution is 8.00. The fraction of sp³-hybridized carbons (Fsp3) is 0.333. The van der Waals surface area contributed by atoms with E-state index in [9.17, 15) is 18.0 Å². The number of esters is 1. The van der Waals surface area contributed by atoms with Crippen LogP contribution in [0, 0.1) is 11.3 Å². The molecule has 0 aliphatic carbocycles. The first-order valence-corrected chi connectivity index (χ1v) is 6.73. The molecule has 0 N–H and O–H groups in total. The molecule has 3 nitrogen and oxygen atoms in total. The molecule has 0 bridgehead atoms. The van der Waals surface area contributed by atoms with Gasteiger partial charge in [-0.3, -0.25) is 0 Å². The van der Waals surface area contributed by atoms with Crippen molar-refractivity contribution in [2.75, 3.05) is 6.61 Å². The number of benzene rings is 1. The Kier molecular flexibility index (Phi) is 5.72. The highest BCUT2D eigenvalue weighted by Crippen LogP contribution is 2.39. The van der Waals surface area contributed by atoms with Crippen molar-refractivity contribution in [3.63, 3.8) is 0 Å². The number of alkyl halides is 4. The van der Waals surface area contributed by atoms with Gasteiger partial charge in [-0.2, -0.15) is 18.4 Å². The zero-order valence-corrected chi connectivity index (χ0v) is 11.8. The lowest BCUT2D eigenvalue weighted by molar-refractivity contribution is -0.0328. The van der Waals surface area contributed by atoms with Crippen molar-refractivity contribution in [1.82, 2.24) is 0 Å². The molecule has 0 aliphatic rings. The van der Waals surface area contributed by atoms with Crippen molar-refractivity contribution in [3.8, 4) is 6.07 Å². The molecule has 0 unspecified atom stereocenters.